The second-order valence-corrected chi connectivity index (χ2v) is 31.8. The van der Waals surface area contributed by atoms with Crippen LogP contribution in [0, 0.1) is 0 Å². The second-order valence-electron chi connectivity index (χ2n) is 27.1. The van der Waals surface area contributed by atoms with Crippen molar-refractivity contribution in [3.8, 4) is 5.69 Å². The maximum Gasteiger partial charge on any atom is 0.161 e. The zero-order valence-corrected chi connectivity index (χ0v) is 59.4. The molecule has 0 radical (unpaired) electrons. The number of allylic oxidation sites excluding steroid dienone is 2. The first kappa shape index (κ1) is 61.2. The number of hydrogen-bond donors (Lipinski definition) is 4. The number of anilines is 5. The second kappa shape index (κ2) is 24.6. The molecule has 104 heavy (non-hydrogen) atoms. The summed E-state index contributed by atoms with van der Waals surface area (Å²) in [5.74, 6) is 0. The summed E-state index contributed by atoms with van der Waals surface area (Å²) >= 11 is 7.75. The molecule has 8 heterocycles. The number of aromatic nitrogens is 1. The van der Waals surface area contributed by atoms with Gasteiger partial charge in [0.05, 0.1) is 61.0 Å². The first-order chi connectivity index (χ1) is 51.5. The number of rotatable bonds is 14. The molecule has 6 N–H and O–H groups in total. The van der Waals surface area contributed by atoms with E-state index < -0.39 is 0 Å². The first-order valence-electron chi connectivity index (χ1n) is 35.4. The van der Waals surface area contributed by atoms with Crippen LogP contribution < -0.4 is 36.7 Å². The zero-order valence-electron chi connectivity index (χ0n) is 56.2. The van der Waals surface area contributed by atoms with Crippen molar-refractivity contribution in [2.45, 2.75) is 35.3 Å². The number of nitrogens with one attached hydrogen (secondary N) is 2. The Morgan fingerprint density at radius 1 is 0.519 bits per heavy atom. The SMILES string of the molecule is NC/C(=C\C=[NH2+])N(c1cc2c(c3sc4ccccc4c13)c1c3sc4ccccc4c3c(N(C3=CNNC=C3)C3CC=C(c4ccccc4)S3)cc1n2-c1ccc(N(c2cccc3oc4cc5ccccc5cc4c23)c2cccc3oc4cc5ccccc5cc4c23)cc1)C1CCC(c2ccccc2)S1. The van der Waals surface area contributed by atoms with Crippen LogP contribution in [0.5, 0.6) is 0 Å². The van der Waals surface area contributed by atoms with Gasteiger partial charge in [-0.3, -0.25) is 5.41 Å². The number of nitrogens with two attached hydrogens (primary N) is 2. The summed E-state index contributed by atoms with van der Waals surface area (Å²) in [5, 5.41) is 22.9. The Morgan fingerprint density at radius 3 is 1.68 bits per heavy atom. The molecule has 3 atom stereocenters. The predicted octanol–water partition coefficient (Wildman–Crippen LogP) is 22.9. The van der Waals surface area contributed by atoms with Crippen LogP contribution in [0.3, 0.4) is 0 Å². The molecule has 0 spiro atoms. The Kier molecular flexibility index (Phi) is 14.5. The smallest absolute Gasteiger partial charge is 0.161 e. The van der Waals surface area contributed by atoms with E-state index in [-0.39, 0.29) is 17.3 Å². The van der Waals surface area contributed by atoms with Crippen molar-refractivity contribution in [1.29, 1.82) is 0 Å². The van der Waals surface area contributed by atoms with E-state index in [2.05, 4.69) is 303 Å². The van der Waals surface area contributed by atoms with Crippen LogP contribution in [-0.2, 0) is 0 Å². The van der Waals surface area contributed by atoms with Crippen LogP contribution in [0.4, 0.5) is 28.4 Å². The van der Waals surface area contributed by atoms with Gasteiger partial charge in [-0.15, -0.1) is 46.2 Å². The molecule has 1 saturated heterocycles. The summed E-state index contributed by atoms with van der Waals surface area (Å²) in [6, 6.07) is 93.3. The van der Waals surface area contributed by atoms with Crippen molar-refractivity contribution in [2.24, 2.45) is 5.73 Å². The molecule has 0 saturated carbocycles. The normalized spacial score (nSPS) is 16.4. The van der Waals surface area contributed by atoms with Crippen molar-refractivity contribution < 1.29 is 14.2 Å². The number of thiophene rings is 2. The first-order valence-corrected chi connectivity index (χ1v) is 38.8. The zero-order chi connectivity index (χ0) is 68.7. The minimum atomic E-state index is 0.00775. The minimum absolute atomic E-state index is 0.00775. The monoisotopic (exact) mass is 1420 g/mol. The Labute approximate surface area is 614 Å². The van der Waals surface area contributed by atoms with Crippen molar-refractivity contribution in [2.75, 3.05) is 21.2 Å². The van der Waals surface area contributed by atoms with Gasteiger partial charge in [-0.05, 0) is 155 Å². The summed E-state index contributed by atoms with van der Waals surface area (Å²) in [4.78, 5) is 8.87. The predicted molar refractivity (Wildman–Crippen MR) is 445 cm³/mol. The van der Waals surface area contributed by atoms with Gasteiger partial charge in [0.15, 0.2) is 6.21 Å². The molecular formula is C90H65N8O2S4+. The molecule has 0 amide bonds. The number of fused-ring (bicyclic) bond motifs is 19. The van der Waals surface area contributed by atoms with Gasteiger partial charge in [-0.25, -0.2) is 0 Å². The number of hydrogen-bond acceptors (Lipinski definition) is 12. The van der Waals surface area contributed by atoms with Crippen LogP contribution in [-0.4, -0.2) is 28.1 Å². The molecule has 13 aromatic carbocycles. The van der Waals surface area contributed by atoms with Gasteiger partial charge in [-0.1, -0.05) is 164 Å². The van der Waals surface area contributed by atoms with E-state index >= 15 is 0 Å². The summed E-state index contributed by atoms with van der Waals surface area (Å²) in [6.45, 7) is 0.289. The Morgan fingerprint density at radius 2 is 1.09 bits per heavy atom. The van der Waals surface area contributed by atoms with Gasteiger partial charge in [0.1, 0.15) is 22.3 Å². The molecule has 21 rings (SSSR count). The van der Waals surface area contributed by atoms with Crippen LogP contribution in [0.15, 0.2) is 306 Å². The quantitative estimate of drug-likeness (QED) is 0.0785. The van der Waals surface area contributed by atoms with Crippen LogP contribution in [0.25, 0.3) is 138 Å². The van der Waals surface area contributed by atoms with Crippen molar-refractivity contribution >= 4 is 213 Å². The van der Waals surface area contributed by atoms with E-state index in [1.807, 2.05) is 58.5 Å². The summed E-state index contributed by atoms with van der Waals surface area (Å²) in [7, 11) is 0. The molecule has 500 valence electrons. The average Bonchev–Trinajstić information content (AvgIpc) is 1.53. The van der Waals surface area contributed by atoms with Gasteiger partial charge in [0, 0.05) is 114 Å². The molecule has 3 aliphatic heterocycles. The van der Waals surface area contributed by atoms with E-state index in [0.29, 0.717) is 5.25 Å². The fraction of sp³-hybridized carbons (Fsp3) is 0.0778. The van der Waals surface area contributed by atoms with Gasteiger partial charge in [0.2, 0.25) is 0 Å². The van der Waals surface area contributed by atoms with Crippen molar-refractivity contribution in [3.05, 3.63) is 308 Å². The molecule has 1 fully saturated rings. The van der Waals surface area contributed by atoms with E-state index in [9.17, 15) is 0 Å². The minimum Gasteiger partial charge on any atom is -0.456 e. The topological polar surface area (TPSA) is 117 Å². The lowest BCUT2D eigenvalue weighted by atomic mass is 10.0. The Hall–Kier alpha value is -11.5. The van der Waals surface area contributed by atoms with E-state index in [4.69, 9.17) is 20.0 Å². The molecule has 3 aliphatic rings. The van der Waals surface area contributed by atoms with Gasteiger partial charge in [0.25, 0.3) is 0 Å². The summed E-state index contributed by atoms with van der Waals surface area (Å²) in [6.07, 6.45) is 15.2. The number of benzene rings is 13. The highest BCUT2D eigenvalue weighted by molar-refractivity contribution is 8.09. The fourth-order valence-corrected chi connectivity index (χ4v) is 22.2. The molecule has 3 unspecified atom stereocenters. The van der Waals surface area contributed by atoms with Crippen LogP contribution in [0.2, 0.25) is 0 Å². The molecule has 0 bridgehead atoms. The molecular weight excluding hydrogens is 1350 g/mol. The summed E-state index contributed by atoms with van der Waals surface area (Å²) in [5.41, 5.74) is 30.0. The lowest BCUT2D eigenvalue weighted by molar-refractivity contribution is -0.104. The maximum absolute atomic E-state index is 7.07. The highest BCUT2D eigenvalue weighted by Gasteiger charge is 2.37. The number of thioether (sulfide) groups is 2. The fourth-order valence-electron chi connectivity index (χ4n) is 16.8. The largest absolute Gasteiger partial charge is 0.456 e. The molecule has 5 aromatic heterocycles. The maximum atomic E-state index is 7.07. The van der Waals surface area contributed by atoms with Gasteiger partial charge in [-0.2, -0.15) is 0 Å². The third kappa shape index (κ3) is 9.69. The lowest BCUT2D eigenvalue weighted by Gasteiger charge is -2.34. The van der Waals surface area contributed by atoms with E-state index in [1.54, 1.807) is 6.21 Å². The Bertz CT molecular complexity index is 6570. The van der Waals surface area contributed by atoms with E-state index in [1.165, 1.54) is 67.1 Å². The van der Waals surface area contributed by atoms with Crippen LogP contribution in [0.1, 0.15) is 35.6 Å². The highest BCUT2D eigenvalue weighted by atomic mass is 32.2. The number of nitrogens with zero attached hydrogens (tertiary/aromatic N) is 4. The number of hydrazine groups is 1. The standard InChI is InChI=1S/C90H64N8O2S4/c91-43-41-61(51-92)97(81-39-37-77(101-81)53-17-3-1-4-18-53)69-49-71-87(89-85(69)63-25-11-13-31-79(63)103-89)88-72(50-70(86-64-26-12-14-32-80(64)104-90(86)88)98(62-42-44-93-94-52-62)82-40-38-78(102-82)54-19-5-2-6-20-54)96(71)60-35-33-59(34-36-60)95(67-27-15-29-73-83(67)65-45-55-21-7-9-23-57(55)47-75(65)99-73)68-28-16-30-74-84(68)66-46-56-22-8-10-24-58(56)48-76(66)100-74/h1-36,38,41-50,52,77,81-82,91,93-94H,37,39-40,51,92H2/p+1/b61-41+,91-43?. The Balaban J connectivity index is 0.860. The van der Waals surface area contributed by atoms with E-state index in [0.717, 1.165) is 141 Å². The highest BCUT2D eigenvalue weighted by Crippen LogP contribution is 2.58. The van der Waals surface area contributed by atoms with Gasteiger partial charge >= 0.3 is 0 Å². The van der Waals surface area contributed by atoms with Gasteiger partial charge < -0.3 is 44.7 Å². The van der Waals surface area contributed by atoms with Crippen molar-refractivity contribution in [1.82, 2.24) is 15.4 Å². The number of furan rings is 2. The molecule has 0 aliphatic carbocycles. The van der Waals surface area contributed by atoms with Crippen molar-refractivity contribution in [3.63, 3.8) is 0 Å². The molecule has 14 heteroatoms. The summed E-state index contributed by atoms with van der Waals surface area (Å²) < 4.78 is 21.3. The molecule has 18 aromatic rings. The third-order valence-electron chi connectivity index (χ3n) is 21.3. The lowest BCUT2D eigenvalue weighted by Crippen LogP contribution is -2.36. The third-order valence-corrected chi connectivity index (χ3v) is 26.6. The molecule has 10 nitrogen and oxygen atoms in total. The average molecular weight is 1420 g/mol. The van der Waals surface area contributed by atoms with Crippen LogP contribution >= 0.6 is 46.2 Å².